The van der Waals surface area contributed by atoms with E-state index in [4.69, 9.17) is 4.84 Å². The maximum Gasteiger partial charge on any atom is 0.104 e. The Labute approximate surface area is 91.8 Å². The molecule has 1 aromatic carbocycles. The Bertz CT molecular complexity index is 286. The zero-order chi connectivity index (χ0) is 10.5. The molecule has 1 saturated heterocycles. The van der Waals surface area contributed by atoms with Crippen LogP contribution in [0.2, 0.25) is 0 Å². The van der Waals surface area contributed by atoms with Crippen molar-refractivity contribution in [1.82, 2.24) is 5.06 Å². The predicted molar refractivity (Wildman–Crippen MR) is 61.4 cm³/mol. The summed E-state index contributed by atoms with van der Waals surface area (Å²) in [5.41, 5.74) is 1.30. The number of benzene rings is 1. The maximum atomic E-state index is 5.91. The summed E-state index contributed by atoms with van der Waals surface area (Å²) in [7, 11) is 2.03. The van der Waals surface area contributed by atoms with Crippen LogP contribution in [0.15, 0.2) is 30.3 Å². The van der Waals surface area contributed by atoms with Crippen LogP contribution in [0.5, 0.6) is 0 Å². The highest BCUT2D eigenvalue weighted by atomic mass is 16.7. The van der Waals surface area contributed by atoms with Gasteiger partial charge in [0.2, 0.25) is 0 Å². The molecule has 0 amide bonds. The van der Waals surface area contributed by atoms with Crippen LogP contribution in [-0.4, -0.2) is 18.7 Å². The quantitative estimate of drug-likeness (QED) is 0.698. The third kappa shape index (κ3) is 3.05. The minimum Gasteiger partial charge on any atom is -0.291 e. The molecule has 0 spiro atoms. The van der Waals surface area contributed by atoms with Crippen LogP contribution in [0.3, 0.4) is 0 Å². The summed E-state index contributed by atoms with van der Waals surface area (Å²) in [6, 6.07) is 10.5. The third-order valence-electron chi connectivity index (χ3n) is 2.92. The molecule has 1 fully saturated rings. The fourth-order valence-corrected chi connectivity index (χ4v) is 2.06. The van der Waals surface area contributed by atoms with Crippen molar-refractivity contribution in [2.75, 3.05) is 13.6 Å². The van der Waals surface area contributed by atoms with Crippen molar-refractivity contribution < 1.29 is 4.84 Å². The van der Waals surface area contributed by atoms with Crippen molar-refractivity contribution in [2.24, 2.45) is 0 Å². The molecule has 1 atom stereocenters. The van der Waals surface area contributed by atoms with Gasteiger partial charge in [-0.1, -0.05) is 43.2 Å². The van der Waals surface area contributed by atoms with E-state index in [1.807, 2.05) is 12.1 Å². The van der Waals surface area contributed by atoms with E-state index in [0.717, 1.165) is 13.0 Å². The van der Waals surface area contributed by atoms with Crippen LogP contribution in [0.4, 0.5) is 0 Å². The summed E-state index contributed by atoms with van der Waals surface area (Å²) >= 11 is 0. The molecule has 1 aliphatic rings. The average molecular weight is 205 g/mol. The van der Waals surface area contributed by atoms with E-state index in [-0.39, 0.29) is 6.10 Å². The van der Waals surface area contributed by atoms with Gasteiger partial charge in [-0.05, 0) is 18.4 Å². The number of rotatable bonds is 1. The molecule has 82 valence electrons. The zero-order valence-corrected chi connectivity index (χ0v) is 9.36. The SMILES string of the molecule is CN1CCCCCC(c2ccccc2)O1. The molecule has 0 aromatic heterocycles. The molecule has 0 N–H and O–H groups in total. The monoisotopic (exact) mass is 205 g/mol. The summed E-state index contributed by atoms with van der Waals surface area (Å²) in [4.78, 5) is 5.91. The highest BCUT2D eigenvalue weighted by Gasteiger charge is 2.16. The molecule has 2 rings (SSSR count). The second-order valence-corrected chi connectivity index (χ2v) is 4.21. The Morgan fingerprint density at radius 1 is 1.13 bits per heavy atom. The van der Waals surface area contributed by atoms with Gasteiger partial charge in [-0.2, -0.15) is 5.06 Å². The number of hydrogen-bond donors (Lipinski definition) is 0. The van der Waals surface area contributed by atoms with Gasteiger partial charge in [0.1, 0.15) is 6.10 Å². The first kappa shape index (κ1) is 10.7. The lowest BCUT2D eigenvalue weighted by Crippen LogP contribution is -2.25. The fourth-order valence-electron chi connectivity index (χ4n) is 2.06. The van der Waals surface area contributed by atoms with Crippen LogP contribution in [-0.2, 0) is 4.84 Å². The first-order valence-corrected chi connectivity index (χ1v) is 5.79. The summed E-state index contributed by atoms with van der Waals surface area (Å²) in [5.74, 6) is 0. The Hall–Kier alpha value is -0.860. The highest BCUT2D eigenvalue weighted by Crippen LogP contribution is 2.26. The van der Waals surface area contributed by atoms with Gasteiger partial charge in [-0.3, -0.25) is 4.84 Å². The normalized spacial score (nSPS) is 24.5. The molecular weight excluding hydrogens is 186 g/mol. The van der Waals surface area contributed by atoms with E-state index in [1.165, 1.54) is 24.8 Å². The van der Waals surface area contributed by atoms with E-state index >= 15 is 0 Å². The summed E-state index contributed by atoms with van der Waals surface area (Å²) < 4.78 is 0. The van der Waals surface area contributed by atoms with Gasteiger partial charge >= 0.3 is 0 Å². The average Bonchev–Trinajstić information content (AvgIpc) is 2.24. The predicted octanol–water partition coefficient (Wildman–Crippen LogP) is 3.17. The van der Waals surface area contributed by atoms with Crippen molar-refractivity contribution in [2.45, 2.75) is 31.8 Å². The van der Waals surface area contributed by atoms with E-state index < -0.39 is 0 Å². The summed E-state index contributed by atoms with van der Waals surface area (Å²) in [6.07, 6.45) is 5.22. The molecule has 0 saturated carbocycles. The van der Waals surface area contributed by atoms with Crippen molar-refractivity contribution in [1.29, 1.82) is 0 Å². The summed E-state index contributed by atoms with van der Waals surface area (Å²) in [5, 5.41) is 1.98. The molecule has 0 bridgehead atoms. The maximum absolute atomic E-state index is 5.91. The minimum absolute atomic E-state index is 0.247. The molecule has 2 heteroatoms. The van der Waals surface area contributed by atoms with Crippen LogP contribution in [0.1, 0.15) is 37.4 Å². The minimum atomic E-state index is 0.247. The summed E-state index contributed by atoms with van der Waals surface area (Å²) in [6.45, 7) is 1.04. The van der Waals surface area contributed by atoms with Gasteiger partial charge in [0.25, 0.3) is 0 Å². The van der Waals surface area contributed by atoms with Gasteiger partial charge in [0.05, 0.1) is 0 Å². The topological polar surface area (TPSA) is 12.5 Å². The standard InChI is InChI=1S/C13H19NO/c1-14-11-7-3-6-10-13(15-14)12-8-4-2-5-9-12/h2,4-5,8-9,13H,3,6-7,10-11H2,1H3. The molecule has 1 heterocycles. The van der Waals surface area contributed by atoms with Gasteiger partial charge < -0.3 is 0 Å². The van der Waals surface area contributed by atoms with Crippen LogP contribution >= 0.6 is 0 Å². The molecule has 1 aliphatic heterocycles. The second-order valence-electron chi connectivity index (χ2n) is 4.21. The van der Waals surface area contributed by atoms with Crippen molar-refractivity contribution in [3.63, 3.8) is 0 Å². The molecule has 1 aromatic rings. The lowest BCUT2D eigenvalue weighted by atomic mass is 10.0. The van der Waals surface area contributed by atoms with E-state index in [0.29, 0.717) is 0 Å². The van der Waals surface area contributed by atoms with Gasteiger partial charge in [-0.25, -0.2) is 0 Å². The molecular formula is C13H19NO. The molecule has 0 radical (unpaired) electrons. The van der Waals surface area contributed by atoms with Gasteiger partial charge in [0.15, 0.2) is 0 Å². The third-order valence-corrected chi connectivity index (χ3v) is 2.92. The molecule has 1 unspecified atom stereocenters. The fraction of sp³-hybridized carbons (Fsp3) is 0.538. The van der Waals surface area contributed by atoms with Crippen molar-refractivity contribution >= 4 is 0 Å². The zero-order valence-electron chi connectivity index (χ0n) is 9.36. The lowest BCUT2D eigenvalue weighted by molar-refractivity contribution is -0.191. The Kier molecular flexibility index (Phi) is 3.75. The lowest BCUT2D eigenvalue weighted by Gasteiger charge is -2.27. The first-order valence-electron chi connectivity index (χ1n) is 5.79. The molecule has 0 aliphatic carbocycles. The van der Waals surface area contributed by atoms with E-state index in [9.17, 15) is 0 Å². The van der Waals surface area contributed by atoms with Crippen LogP contribution < -0.4 is 0 Å². The largest absolute Gasteiger partial charge is 0.291 e. The van der Waals surface area contributed by atoms with E-state index in [1.54, 1.807) is 0 Å². The molecule has 15 heavy (non-hydrogen) atoms. The smallest absolute Gasteiger partial charge is 0.104 e. The van der Waals surface area contributed by atoms with Crippen LogP contribution in [0.25, 0.3) is 0 Å². The Balaban J connectivity index is 2.05. The van der Waals surface area contributed by atoms with Gasteiger partial charge in [0, 0.05) is 13.6 Å². The first-order chi connectivity index (χ1) is 7.36. The number of hydrogen-bond acceptors (Lipinski definition) is 2. The van der Waals surface area contributed by atoms with Gasteiger partial charge in [-0.15, -0.1) is 0 Å². The van der Waals surface area contributed by atoms with E-state index in [2.05, 4.69) is 30.3 Å². The second kappa shape index (κ2) is 5.29. The number of nitrogens with zero attached hydrogens (tertiary/aromatic N) is 1. The Morgan fingerprint density at radius 3 is 2.73 bits per heavy atom. The highest BCUT2D eigenvalue weighted by molar-refractivity contribution is 5.17. The number of hydroxylamine groups is 2. The Morgan fingerprint density at radius 2 is 1.93 bits per heavy atom. The van der Waals surface area contributed by atoms with Crippen LogP contribution in [0, 0.1) is 0 Å². The van der Waals surface area contributed by atoms with Crippen molar-refractivity contribution in [3.8, 4) is 0 Å². The molecule has 2 nitrogen and oxygen atoms in total. The van der Waals surface area contributed by atoms with Crippen molar-refractivity contribution in [3.05, 3.63) is 35.9 Å².